The summed E-state index contributed by atoms with van der Waals surface area (Å²) in [6.45, 7) is 1.80. The van der Waals surface area contributed by atoms with Crippen LogP contribution in [0, 0.1) is 0 Å². The molecule has 0 saturated carbocycles. The Morgan fingerprint density at radius 1 is 1.19 bits per heavy atom. The Balaban J connectivity index is 1.61. The second kappa shape index (κ2) is 8.37. The molecule has 2 aliphatic heterocycles. The Kier molecular flexibility index (Phi) is 5.95. The van der Waals surface area contributed by atoms with E-state index in [1.165, 1.54) is 4.90 Å². The Morgan fingerprint density at radius 2 is 1.96 bits per heavy atom. The van der Waals surface area contributed by atoms with Gasteiger partial charge in [0.05, 0.1) is 12.6 Å². The molecule has 1 aromatic carbocycles. The standard InChI is InChI=1S/C18H24N2O6/c1-20(2)17(21)11-26-16-10-23-6-5-13(16)19-18(22)12-3-4-14-15(9-12)25-8-7-24-14/h3-4,9,13,16H,5-8,10-11H2,1-2H3,(H,19,22)/t13-,16-/m0/s1. The maximum atomic E-state index is 12.6. The van der Waals surface area contributed by atoms with Gasteiger partial charge < -0.3 is 29.2 Å². The Hall–Kier alpha value is -2.32. The van der Waals surface area contributed by atoms with Crippen molar-refractivity contribution < 1.29 is 28.5 Å². The van der Waals surface area contributed by atoms with Crippen molar-refractivity contribution in [2.75, 3.05) is 47.1 Å². The number of likely N-dealkylation sites (N-methyl/N-ethyl adjacent to an activating group) is 1. The van der Waals surface area contributed by atoms with Crippen LogP contribution in [0.1, 0.15) is 16.8 Å². The highest BCUT2D eigenvalue weighted by atomic mass is 16.6. The summed E-state index contributed by atoms with van der Waals surface area (Å²) in [5.41, 5.74) is 0.490. The maximum Gasteiger partial charge on any atom is 0.251 e. The summed E-state index contributed by atoms with van der Waals surface area (Å²) in [7, 11) is 3.34. The van der Waals surface area contributed by atoms with Crippen molar-refractivity contribution in [2.24, 2.45) is 0 Å². The van der Waals surface area contributed by atoms with Crippen molar-refractivity contribution in [1.82, 2.24) is 10.2 Å². The second-order valence-corrected chi connectivity index (χ2v) is 6.44. The third-order valence-electron chi connectivity index (χ3n) is 4.34. The number of benzene rings is 1. The van der Waals surface area contributed by atoms with Crippen LogP contribution in [0.25, 0.3) is 0 Å². The van der Waals surface area contributed by atoms with E-state index in [0.29, 0.717) is 49.9 Å². The van der Waals surface area contributed by atoms with Gasteiger partial charge in [-0.25, -0.2) is 0 Å². The summed E-state index contributed by atoms with van der Waals surface area (Å²) in [6.07, 6.45) is 0.255. The highest BCUT2D eigenvalue weighted by Gasteiger charge is 2.29. The van der Waals surface area contributed by atoms with E-state index in [4.69, 9.17) is 18.9 Å². The topological polar surface area (TPSA) is 86.3 Å². The molecular weight excluding hydrogens is 340 g/mol. The fourth-order valence-corrected chi connectivity index (χ4v) is 2.78. The molecule has 1 fully saturated rings. The van der Waals surface area contributed by atoms with Gasteiger partial charge in [0.15, 0.2) is 11.5 Å². The molecule has 1 saturated heterocycles. The van der Waals surface area contributed by atoms with Crippen LogP contribution in [0.15, 0.2) is 18.2 Å². The molecule has 8 nitrogen and oxygen atoms in total. The van der Waals surface area contributed by atoms with Gasteiger partial charge in [-0.05, 0) is 24.6 Å². The highest BCUT2D eigenvalue weighted by molar-refractivity contribution is 5.95. The molecule has 0 radical (unpaired) electrons. The van der Waals surface area contributed by atoms with Crippen LogP contribution in [0.4, 0.5) is 0 Å². The molecule has 0 spiro atoms. The van der Waals surface area contributed by atoms with Crippen LogP contribution in [-0.2, 0) is 14.3 Å². The van der Waals surface area contributed by atoms with Crippen molar-refractivity contribution in [2.45, 2.75) is 18.6 Å². The molecule has 0 bridgehead atoms. The van der Waals surface area contributed by atoms with E-state index < -0.39 is 0 Å². The molecule has 2 heterocycles. The summed E-state index contributed by atoms with van der Waals surface area (Å²) in [6, 6.07) is 4.89. The number of hydrogen-bond acceptors (Lipinski definition) is 6. The second-order valence-electron chi connectivity index (χ2n) is 6.44. The number of nitrogens with one attached hydrogen (secondary N) is 1. The van der Waals surface area contributed by atoms with Gasteiger partial charge in [-0.1, -0.05) is 0 Å². The number of rotatable bonds is 5. The zero-order chi connectivity index (χ0) is 18.5. The highest BCUT2D eigenvalue weighted by Crippen LogP contribution is 2.30. The number of amides is 2. The maximum absolute atomic E-state index is 12.6. The molecule has 3 rings (SSSR count). The molecule has 8 heteroatoms. The lowest BCUT2D eigenvalue weighted by molar-refractivity contribution is -0.140. The quantitative estimate of drug-likeness (QED) is 0.816. The van der Waals surface area contributed by atoms with Crippen LogP contribution in [0.3, 0.4) is 0 Å². The summed E-state index contributed by atoms with van der Waals surface area (Å²) >= 11 is 0. The summed E-state index contributed by atoms with van der Waals surface area (Å²) in [5.74, 6) is 0.858. The van der Waals surface area contributed by atoms with Crippen molar-refractivity contribution in [3.63, 3.8) is 0 Å². The van der Waals surface area contributed by atoms with E-state index in [2.05, 4.69) is 5.32 Å². The first-order chi connectivity index (χ1) is 12.5. The lowest BCUT2D eigenvalue weighted by Gasteiger charge is -2.32. The summed E-state index contributed by atoms with van der Waals surface area (Å²) in [5, 5.41) is 2.98. The van der Waals surface area contributed by atoms with Gasteiger partial charge in [-0.3, -0.25) is 9.59 Å². The van der Waals surface area contributed by atoms with E-state index in [0.717, 1.165) is 0 Å². The van der Waals surface area contributed by atoms with Crippen molar-refractivity contribution in [3.8, 4) is 11.5 Å². The van der Waals surface area contributed by atoms with Crippen LogP contribution in [-0.4, -0.2) is 76.0 Å². The molecule has 26 heavy (non-hydrogen) atoms. The van der Waals surface area contributed by atoms with E-state index in [1.807, 2.05) is 0 Å². The molecule has 2 amide bonds. The van der Waals surface area contributed by atoms with Gasteiger partial charge in [0, 0.05) is 26.3 Å². The first-order valence-corrected chi connectivity index (χ1v) is 8.64. The fourth-order valence-electron chi connectivity index (χ4n) is 2.78. The molecule has 0 aromatic heterocycles. The molecule has 0 aliphatic carbocycles. The van der Waals surface area contributed by atoms with Gasteiger partial charge >= 0.3 is 0 Å². The lowest BCUT2D eigenvalue weighted by Crippen LogP contribution is -2.50. The van der Waals surface area contributed by atoms with Crippen molar-refractivity contribution >= 4 is 11.8 Å². The molecule has 0 unspecified atom stereocenters. The predicted octanol–water partition coefficient (Wildman–Crippen LogP) is 0.450. The minimum atomic E-state index is -0.367. The first-order valence-electron chi connectivity index (χ1n) is 8.64. The van der Waals surface area contributed by atoms with E-state index in [9.17, 15) is 9.59 Å². The minimum absolute atomic E-state index is 0.0442. The number of nitrogens with zero attached hydrogens (tertiary/aromatic N) is 1. The SMILES string of the molecule is CN(C)C(=O)CO[C@H]1COCC[C@@H]1NC(=O)c1ccc2c(c1)OCCO2. The zero-order valence-corrected chi connectivity index (χ0v) is 15.0. The van der Waals surface area contributed by atoms with Crippen molar-refractivity contribution in [1.29, 1.82) is 0 Å². The van der Waals surface area contributed by atoms with E-state index in [-0.39, 0.29) is 30.6 Å². The minimum Gasteiger partial charge on any atom is -0.486 e. The van der Waals surface area contributed by atoms with Crippen LogP contribution in [0.2, 0.25) is 0 Å². The van der Waals surface area contributed by atoms with Crippen LogP contribution >= 0.6 is 0 Å². The van der Waals surface area contributed by atoms with E-state index >= 15 is 0 Å². The molecule has 2 atom stereocenters. The van der Waals surface area contributed by atoms with Gasteiger partial charge in [-0.15, -0.1) is 0 Å². The van der Waals surface area contributed by atoms with Gasteiger partial charge in [-0.2, -0.15) is 0 Å². The van der Waals surface area contributed by atoms with E-state index in [1.54, 1.807) is 32.3 Å². The molecular formula is C18H24N2O6. The number of ether oxygens (including phenoxy) is 4. The van der Waals surface area contributed by atoms with Gasteiger partial charge in [0.1, 0.15) is 25.9 Å². The monoisotopic (exact) mass is 364 g/mol. The van der Waals surface area contributed by atoms with Crippen LogP contribution in [0.5, 0.6) is 11.5 Å². The number of carbonyl (C=O) groups is 2. The molecule has 1 N–H and O–H groups in total. The molecule has 1 aromatic rings. The average molecular weight is 364 g/mol. The average Bonchev–Trinajstić information content (AvgIpc) is 2.66. The van der Waals surface area contributed by atoms with Crippen molar-refractivity contribution in [3.05, 3.63) is 23.8 Å². The largest absolute Gasteiger partial charge is 0.486 e. The Bertz CT molecular complexity index is 663. The van der Waals surface area contributed by atoms with Crippen LogP contribution < -0.4 is 14.8 Å². The summed E-state index contributed by atoms with van der Waals surface area (Å²) < 4.78 is 22.1. The Morgan fingerprint density at radius 3 is 2.73 bits per heavy atom. The fraction of sp³-hybridized carbons (Fsp3) is 0.556. The summed E-state index contributed by atoms with van der Waals surface area (Å²) in [4.78, 5) is 25.8. The molecule has 2 aliphatic rings. The lowest BCUT2D eigenvalue weighted by atomic mass is 10.0. The third-order valence-corrected chi connectivity index (χ3v) is 4.34. The predicted molar refractivity (Wildman–Crippen MR) is 92.6 cm³/mol. The smallest absolute Gasteiger partial charge is 0.251 e. The Labute approximate surface area is 152 Å². The van der Waals surface area contributed by atoms with Gasteiger partial charge in [0.2, 0.25) is 5.91 Å². The number of hydrogen-bond donors (Lipinski definition) is 1. The first kappa shape index (κ1) is 18.5. The third kappa shape index (κ3) is 4.44. The number of fused-ring (bicyclic) bond motifs is 1. The van der Waals surface area contributed by atoms with Gasteiger partial charge in [0.25, 0.3) is 5.91 Å². The number of carbonyl (C=O) groups excluding carboxylic acids is 2. The molecule has 142 valence electrons. The zero-order valence-electron chi connectivity index (χ0n) is 15.0. The normalized spacial score (nSPS) is 21.8.